The molecule has 8 heavy (non-hydrogen) atoms. The molecule has 0 amide bonds. The van der Waals surface area contributed by atoms with Gasteiger partial charge in [0.25, 0.3) is 0 Å². The van der Waals surface area contributed by atoms with E-state index in [1.165, 1.54) is 0 Å². The normalized spacial score (nSPS) is 16.8. The smallest absolute Gasteiger partial charge is 0.0551 e. The van der Waals surface area contributed by atoms with Crippen LogP contribution in [0.2, 0.25) is 0 Å². The summed E-state index contributed by atoms with van der Waals surface area (Å²) in [4.78, 5) is 0. The zero-order chi connectivity index (χ0) is 5.28. The van der Waals surface area contributed by atoms with Crippen molar-refractivity contribution in [2.75, 3.05) is 0 Å². The van der Waals surface area contributed by atoms with Crippen LogP contribution in [0.4, 0.5) is 0 Å². The average molecular weight is 183 g/mol. The largest absolute Gasteiger partial charge is 0.0872 e. The second-order valence-corrected chi connectivity index (χ2v) is 2.22. The van der Waals surface area contributed by atoms with Crippen molar-refractivity contribution in [3.63, 3.8) is 0 Å². The summed E-state index contributed by atoms with van der Waals surface area (Å²) in [6.07, 6.45) is 4.55. The molecule has 3 heteroatoms. The van der Waals surface area contributed by atoms with Crippen LogP contribution in [0.1, 0.15) is 6.42 Å². The first kappa shape index (κ1) is 8.77. The van der Waals surface area contributed by atoms with Crippen molar-refractivity contribution in [1.29, 1.82) is 0 Å². The van der Waals surface area contributed by atoms with E-state index in [0.29, 0.717) is 5.03 Å². The molecule has 0 radical (unpaired) electrons. The molecule has 0 bridgehead atoms. The Morgan fingerprint density at radius 3 is 2.12 bits per heavy atom. The topological polar surface area (TPSA) is 0 Å². The summed E-state index contributed by atoms with van der Waals surface area (Å²) in [5, 5.41) is 1.43. The van der Waals surface area contributed by atoms with Gasteiger partial charge in [0.05, 0.1) is 5.03 Å². The van der Waals surface area contributed by atoms with E-state index in [1.807, 2.05) is 12.2 Å². The minimum atomic E-state index is 0. The Bertz CT molecular complexity index is 137. The van der Waals surface area contributed by atoms with Crippen LogP contribution >= 0.6 is 23.2 Å². The van der Waals surface area contributed by atoms with Gasteiger partial charge >= 0.3 is 0 Å². The minimum absolute atomic E-state index is 0. The van der Waals surface area contributed by atoms with Crippen molar-refractivity contribution in [1.82, 2.24) is 0 Å². The predicted molar refractivity (Wildman–Crippen MR) is 32.5 cm³/mol. The third-order valence-corrected chi connectivity index (χ3v) is 1.63. The molecule has 0 fully saturated rings. The molecule has 0 unspecified atom stereocenters. The monoisotopic (exact) mass is 182 g/mol. The van der Waals surface area contributed by atoms with E-state index >= 15 is 0 Å². The summed E-state index contributed by atoms with van der Waals surface area (Å²) in [5.41, 5.74) is 0. The molecule has 1 aliphatic rings. The van der Waals surface area contributed by atoms with Gasteiger partial charge in [0.2, 0.25) is 0 Å². The van der Waals surface area contributed by atoms with E-state index in [4.69, 9.17) is 23.2 Å². The van der Waals surface area contributed by atoms with Crippen LogP contribution in [0.5, 0.6) is 0 Å². The van der Waals surface area contributed by atoms with Gasteiger partial charge in [-0.15, -0.1) is 0 Å². The minimum Gasteiger partial charge on any atom is -0.0872 e. The quantitative estimate of drug-likeness (QED) is 0.506. The second kappa shape index (κ2) is 3.73. The van der Waals surface area contributed by atoms with E-state index in [9.17, 15) is 0 Å². The molecule has 0 saturated heterocycles. The molecule has 42 valence electrons. The third kappa shape index (κ3) is 1.95. The van der Waals surface area contributed by atoms with E-state index in [2.05, 4.69) is 0 Å². The molecule has 1 rings (SSSR count). The van der Waals surface area contributed by atoms with E-state index in [-0.39, 0.29) is 21.7 Å². The summed E-state index contributed by atoms with van der Waals surface area (Å²) >= 11 is 11.1. The fourth-order valence-corrected chi connectivity index (χ4v) is 0.772. The number of hydrogen-bond donors (Lipinski definition) is 0. The summed E-state index contributed by atoms with van der Waals surface area (Å²) < 4.78 is 0. The van der Waals surface area contributed by atoms with E-state index in [1.54, 1.807) is 0 Å². The Morgan fingerprint density at radius 2 is 2.00 bits per heavy atom. The molecule has 0 aliphatic heterocycles. The van der Waals surface area contributed by atoms with Gasteiger partial charge < -0.3 is 0 Å². The van der Waals surface area contributed by atoms with Crippen LogP contribution in [0.25, 0.3) is 0 Å². The molecule has 0 aromatic rings. The molecule has 0 nitrogen and oxygen atoms in total. The first-order valence-electron chi connectivity index (χ1n) is 2.01. The molecule has 0 heterocycles. The van der Waals surface area contributed by atoms with Gasteiger partial charge in [-0.2, -0.15) is 0 Å². The van der Waals surface area contributed by atoms with Gasteiger partial charge in [-0.1, -0.05) is 29.3 Å². The van der Waals surface area contributed by atoms with Crippen molar-refractivity contribution < 1.29 is 21.7 Å². The Labute approximate surface area is 73.4 Å². The van der Waals surface area contributed by atoms with Gasteiger partial charge in [0, 0.05) is 33.2 Å². The summed E-state index contributed by atoms with van der Waals surface area (Å²) in [6, 6.07) is 0. The Kier molecular flexibility index (Phi) is 4.10. The maximum absolute atomic E-state index is 5.55. The van der Waals surface area contributed by atoms with Gasteiger partial charge in [-0.3, -0.25) is 0 Å². The van der Waals surface area contributed by atoms with Crippen molar-refractivity contribution in [3.05, 3.63) is 22.2 Å². The molecule has 0 aromatic carbocycles. The molecule has 0 saturated carbocycles. The number of rotatable bonds is 0. The molecule has 0 N–H and O–H groups in total. The fraction of sp³-hybridized carbons (Fsp3) is 0.200. The van der Waals surface area contributed by atoms with Gasteiger partial charge in [-0.25, -0.2) is 0 Å². The van der Waals surface area contributed by atoms with Crippen LogP contribution in [-0.2, 0) is 21.7 Å². The molecular weight excluding hydrogens is 179 g/mol. The summed E-state index contributed by atoms with van der Waals surface area (Å²) in [6.45, 7) is 0. The zero-order valence-electron chi connectivity index (χ0n) is 4.12. The van der Waals surface area contributed by atoms with Crippen molar-refractivity contribution in [2.24, 2.45) is 0 Å². The third-order valence-electron chi connectivity index (χ3n) is 0.820. The molecule has 0 aromatic heterocycles. The van der Waals surface area contributed by atoms with Gasteiger partial charge in [0.1, 0.15) is 0 Å². The first-order chi connectivity index (χ1) is 3.30. The van der Waals surface area contributed by atoms with Crippen molar-refractivity contribution >= 4 is 23.2 Å². The Hall–Kier alpha value is 0.774. The number of allylic oxidation sites excluding steroid dienone is 4. The fourth-order valence-electron chi connectivity index (χ4n) is 0.454. The van der Waals surface area contributed by atoms with Crippen LogP contribution in [0, 0.1) is 0 Å². The number of halogens is 2. The van der Waals surface area contributed by atoms with Crippen molar-refractivity contribution in [3.8, 4) is 0 Å². The number of hydrogen-bond acceptors (Lipinski definition) is 0. The Balaban J connectivity index is 0.000000490. The SMILES string of the molecule is ClC1=C(Cl)CC=C1.[Ti]. The van der Waals surface area contributed by atoms with Gasteiger partial charge in [-0.05, 0) is 6.08 Å². The summed E-state index contributed by atoms with van der Waals surface area (Å²) in [7, 11) is 0. The second-order valence-electron chi connectivity index (χ2n) is 1.36. The van der Waals surface area contributed by atoms with Crippen LogP contribution in [0.15, 0.2) is 22.2 Å². The van der Waals surface area contributed by atoms with E-state index in [0.717, 1.165) is 11.5 Å². The van der Waals surface area contributed by atoms with Crippen LogP contribution < -0.4 is 0 Å². The maximum atomic E-state index is 5.55. The van der Waals surface area contributed by atoms with E-state index < -0.39 is 0 Å². The Morgan fingerprint density at radius 1 is 1.38 bits per heavy atom. The molecule has 1 aliphatic carbocycles. The molecule has 0 spiro atoms. The molecular formula is C5H4Cl2Ti. The average Bonchev–Trinajstić information content (AvgIpc) is 1.91. The van der Waals surface area contributed by atoms with Crippen LogP contribution in [-0.4, -0.2) is 0 Å². The summed E-state index contributed by atoms with van der Waals surface area (Å²) in [5.74, 6) is 0. The first-order valence-corrected chi connectivity index (χ1v) is 2.77. The molecule has 0 atom stereocenters. The predicted octanol–water partition coefficient (Wildman–Crippen LogP) is 2.63. The standard InChI is InChI=1S/C5H4Cl2.Ti/c6-4-2-1-3-5(4)7;/h1-2H,3H2;. The maximum Gasteiger partial charge on any atom is 0.0551 e. The van der Waals surface area contributed by atoms with Crippen LogP contribution in [0.3, 0.4) is 0 Å². The van der Waals surface area contributed by atoms with Gasteiger partial charge in [0.15, 0.2) is 0 Å². The zero-order valence-corrected chi connectivity index (χ0v) is 7.19. The van der Waals surface area contributed by atoms with Crippen molar-refractivity contribution in [2.45, 2.75) is 6.42 Å².